The maximum Gasteiger partial charge on any atom is 0.251 e. The molecule has 0 saturated heterocycles. The van der Waals surface area contributed by atoms with Gasteiger partial charge in [0.2, 0.25) is 5.91 Å². The second-order valence-corrected chi connectivity index (χ2v) is 3.85. The van der Waals surface area contributed by atoms with Gasteiger partial charge in [0, 0.05) is 25.4 Å². The summed E-state index contributed by atoms with van der Waals surface area (Å²) in [5, 5.41) is 2.77. The van der Waals surface area contributed by atoms with E-state index in [4.69, 9.17) is 11.6 Å². The molecule has 0 aliphatic rings. The van der Waals surface area contributed by atoms with Gasteiger partial charge in [0.25, 0.3) is 5.91 Å². The fourth-order valence-electron chi connectivity index (χ4n) is 1.11. The molecule has 1 rings (SSSR count). The zero-order chi connectivity index (χ0) is 12.8. The number of likely N-dealkylation sites (N-methyl/N-ethyl adjacent to an activating group) is 1. The lowest BCUT2D eigenvalue weighted by Gasteiger charge is -2.14. The van der Waals surface area contributed by atoms with Crippen LogP contribution >= 0.6 is 11.6 Å². The first-order valence-electron chi connectivity index (χ1n) is 5.18. The number of pyridine rings is 1. The van der Waals surface area contributed by atoms with E-state index < -0.39 is 0 Å². The summed E-state index contributed by atoms with van der Waals surface area (Å²) in [6.07, 6.45) is 1.44. The fraction of sp³-hybridized carbons (Fsp3) is 0.364. The zero-order valence-electron chi connectivity index (χ0n) is 9.74. The van der Waals surface area contributed by atoms with E-state index in [0.29, 0.717) is 12.1 Å². The van der Waals surface area contributed by atoms with Crippen molar-refractivity contribution in [3.63, 3.8) is 0 Å². The van der Waals surface area contributed by atoms with Gasteiger partial charge in [-0.1, -0.05) is 11.6 Å². The second-order valence-electron chi connectivity index (χ2n) is 3.46. The molecule has 5 nitrogen and oxygen atoms in total. The largest absolute Gasteiger partial charge is 0.345 e. The lowest BCUT2D eigenvalue weighted by Crippen LogP contribution is -2.37. The van der Waals surface area contributed by atoms with Gasteiger partial charge >= 0.3 is 0 Å². The predicted octanol–water partition coefficient (Wildman–Crippen LogP) is 0.943. The molecule has 17 heavy (non-hydrogen) atoms. The Labute approximate surface area is 105 Å². The molecule has 1 heterocycles. The van der Waals surface area contributed by atoms with Crippen molar-refractivity contribution in [2.45, 2.75) is 6.92 Å². The quantitative estimate of drug-likeness (QED) is 0.815. The Kier molecular flexibility index (Phi) is 4.90. The number of rotatable bonds is 4. The molecule has 0 radical (unpaired) electrons. The third kappa shape index (κ3) is 4.03. The van der Waals surface area contributed by atoms with Crippen molar-refractivity contribution in [3.05, 3.63) is 29.0 Å². The molecule has 6 heteroatoms. The van der Waals surface area contributed by atoms with E-state index in [2.05, 4.69) is 10.3 Å². The lowest BCUT2D eigenvalue weighted by atomic mass is 10.2. The van der Waals surface area contributed by atoms with Gasteiger partial charge in [0.1, 0.15) is 5.15 Å². The highest BCUT2D eigenvalue weighted by Gasteiger charge is 2.10. The molecule has 1 aromatic rings. The van der Waals surface area contributed by atoms with Crippen molar-refractivity contribution in [1.29, 1.82) is 0 Å². The first-order valence-corrected chi connectivity index (χ1v) is 5.56. The van der Waals surface area contributed by atoms with E-state index in [9.17, 15) is 9.59 Å². The summed E-state index contributed by atoms with van der Waals surface area (Å²) < 4.78 is 0. The molecule has 0 aliphatic heterocycles. The van der Waals surface area contributed by atoms with Crippen LogP contribution in [0.2, 0.25) is 5.15 Å². The highest BCUT2D eigenvalue weighted by molar-refractivity contribution is 6.29. The van der Waals surface area contributed by atoms with Gasteiger partial charge < -0.3 is 10.2 Å². The summed E-state index contributed by atoms with van der Waals surface area (Å²) >= 11 is 5.66. The van der Waals surface area contributed by atoms with E-state index in [1.54, 1.807) is 7.05 Å². The molecule has 2 amide bonds. The molecule has 0 aromatic carbocycles. The molecule has 1 aromatic heterocycles. The number of hydrogen-bond donors (Lipinski definition) is 1. The van der Waals surface area contributed by atoms with E-state index in [0.717, 1.165) is 0 Å². The molecule has 92 valence electrons. The van der Waals surface area contributed by atoms with Crippen molar-refractivity contribution < 1.29 is 9.59 Å². The first-order chi connectivity index (χ1) is 8.04. The third-order valence-corrected chi connectivity index (χ3v) is 2.50. The van der Waals surface area contributed by atoms with E-state index in [1.807, 2.05) is 6.92 Å². The normalized spacial score (nSPS) is 9.82. The molecule has 1 N–H and O–H groups in total. The molecule has 0 saturated carbocycles. The van der Waals surface area contributed by atoms with E-state index >= 15 is 0 Å². The summed E-state index contributed by atoms with van der Waals surface area (Å²) in [4.78, 5) is 28.4. The molecule has 0 atom stereocenters. The van der Waals surface area contributed by atoms with Crippen molar-refractivity contribution in [2.75, 3.05) is 20.1 Å². The summed E-state index contributed by atoms with van der Waals surface area (Å²) in [7, 11) is 1.68. The van der Waals surface area contributed by atoms with Crippen LogP contribution in [0.5, 0.6) is 0 Å². The second kappa shape index (κ2) is 6.20. The minimum Gasteiger partial charge on any atom is -0.345 e. The number of halogens is 1. The Morgan fingerprint density at radius 3 is 2.82 bits per heavy atom. The SMILES string of the molecule is CCN(C)C(=O)CNC(=O)c1ccnc(Cl)c1. The molecular weight excluding hydrogens is 242 g/mol. The van der Waals surface area contributed by atoms with Gasteiger partial charge in [-0.2, -0.15) is 0 Å². The zero-order valence-corrected chi connectivity index (χ0v) is 10.5. The standard InChI is InChI=1S/C11H14ClN3O2/c1-3-15(2)10(16)7-14-11(17)8-4-5-13-9(12)6-8/h4-6H,3,7H2,1-2H3,(H,14,17). The van der Waals surface area contributed by atoms with Crippen molar-refractivity contribution in [3.8, 4) is 0 Å². The van der Waals surface area contributed by atoms with Crippen molar-refractivity contribution in [2.24, 2.45) is 0 Å². The van der Waals surface area contributed by atoms with Crippen LogP contribution < -0.4 is 5.32 Å². The highest BCUT2D eigenvalue weighted by atomic mass is 35.5. The van der Waals surface area contributed by atoms with Crippen LogP contribution in [0.15, 0.2) is 18.3 Å². The number of carbonyl (C=O) groups excluding carboxylic acids is 2. The van der Waals surface area contributed by atoms with Gasteiger partial charge in [-0.05, 0) is 19.1 Å². The Morgan fingerprint density at radius 2 is 2.24 bits per heavy atom. The number of hydrogen-bond acceptors (Lipinski definition) is 3. The van der Waals surface area contributed by atoms with Crippen molar-refractivity contribution in [1.82, 2.24) is 15.2 Å². The Bertz CT molecular complexity index is 423. The molecule has 0 spiro atoms. The van der Waals surface area contributed by atoms with Gasteiger partial charge in [-0.25, -0.2) is 4.98 Å². The van der Waals surface area contributed by atoms with Crippen molar-refractivity contribution >= 4 is 23.4 Å². The number of nitrogens with one attached hydrogen (secondary N) is 1. The molecule has 0 fully saturated rings. The van der Waals surface area contributed by atoms with Gasteiger partial charge in [0.15, 0.2) is 0 Å². The topological polar surface area (TPSA) is 62.3 Å². The third-order valence-electron chi connectivity index (χ3n) is 2.29. The average molecular weight is 256 g/mol. The van der Waals surface area contributed by atoms with Crippen LogP contribution in [0, 0.1) is 0 Å². The number of carbonyl (C=O) groups is 2. The fourth-order valence-corrected chi connectivity index (χ4v) is 1.29. The van der Waals surface area contributed by atoms with Crippen LogP contribution in [-0.2, 0) is 4.79 Å². The summed E-state index contributed by atoms with van der Waals surface area (Å²) in [6.45, 7) is 2.45. The predicted molar refractivity (Wildman–Crippen MR) is 64.9 cm³/mol. The number of amides is 2. The smallest absolute Gasteiger partial charge is 0.251 e. The Hall–Kier alpha value is -1.62. The molecular formula is C11H14ClN3O2. The van der Waals surface area contributed by atoms with Crippen LogP contribution in [0.1, 0.15) is 17.3 Å². The monoisotopic (exact) mass is 255 g/mol. The Balaban J connectivity index is 2.53. The maximum absolute atomic E-state index is 11.6. The van der Waals surface area contributed by atoms with Crippen LogP contribution in [0.3, 0.4) is 0 Å². The van der Waals surface area contributed by atoms with E-state index in [-0.39, 0.29) is 23.5 Å². The van der Waals surface area contributed by atoms with Gasteiger partial charge in [-0.15, -0.1) is 0 Å². The summed E-state index contributed by atoms with van der Waals surface area (Å²) in [6, 6.07) is 2.99. The van der Waals surface area contributed by atoms with E-state index in [1.165, 1.54) is 23.2 Å². The number of aromatic nitrogens is 1. The highest BCUT2D eigenvalue weighted by Crippen LogP contribution is 2.06. The molecule has 0 aliphatic carbocycles. The van der Waals surface area contributed by atoms with Crippen LogP contribution in [0.25, 0.3) is 0 Å². The number of nitrogens with zero attached hydrogens (tertiary/aromatic N) is 2. The van der Waals surface area contributed by atoms with Gasteiger partial charge in [0.05, 0.1) is 6.54 Å². The Morgan fingerprint density at radius 1 is 1.53 bits per heavy atom. The minimum absolute atomic E-state index is 0.0247. The maximum atomic E-state index is 11.6. The van der Waals surface area contributed by atoms with Gasteiger partial charge in [-0.3, -0.25) is 9.59 Å². The van der Waals surface area contributed by atoms with Crippen LogP contribution in [-0.4, -0.2) is 41.8 Å². The molecule has 0 unspecified atom stereocenters. The first kappa shape index (κ1) is 13.4. The lowest BCUT2D eigenvalue weighted by molar-refractivity contribution is -0.128. The summed E-state index contributed by atoms with van der Waals surface area (Å²) in [5.41, 5.74) is 0.386. The molecule has 0 bridgehead atoms. The van der Waals surface area contributed by atoms with Crippen LogP contribution in [0.4, 0.5) is 0 Å². The summed E-state index contributed by atoms with van der Waals surface area (Å²) in [5.74, 6) is -0.479. The minimum atomic E-state index is -0.341. The average Bonchev–Trinajstić information content (AvgIpc) is 2.34.